The van der Waals surface area contributed by atoms with Crippen LogP contribution in [0.3, 0.4) is 0 Å². The summed E-state index contributed by atoms with van der Waals surface area (Å²) in [6.45, 7) is 1.25. The van der Waals surface area contributed by atoms with E-state index in [1.165, 1.54) is 7.11 Å². The molecule has 0 heterocycles. The Labute approximate surface area is 127 Å². The third-order valence-electron chi connectivity index (χ3n) is 2.77. The topological polar surface area (TPSA) is 30.5 Å². The Hall–Kier alpha value is -0.980. The first kappa shape index (κ1) is 18.1. The molecule has 1 aromatic carbocycles. The minimum Gasteiger partial charge on any atom is -0.497 e. The lowest BCUT2D eigenvalue weighted by atomic mass is 10.1. The number of alkyl halides is 3. The van der Waals surface area contributed by atoms with Crippen molar-refractivity contribution in [2.24, 2.45) is 0 Å². The molecule has 3 nitrogen and oxygen atoms in total. The van der Waals surface area contributed by atoms with Crippen LogP contribution in [-0.4, -0.2) is 33.0 Å². The van der Waals surface area contributed by atoms with Gasteiger partial charge in [-0.15, -0.1) is 0 Å². The molecule has 0 amide bonds. The SMILES string of the molecule is CCCNC(COCC(F)(F)F)c1ccc(OC)cc1Cl. The molecule has 0 radical (unpaired) electrons. The Balaban J connectivity index is 2.76. The lowest BCUT2D eigenvalue weighted by Crippen LogP contribution is -2.28. The van der Waals surface area contributed by atoms with Crippen LogP contribution in [0.4, 0.5) is 13.2 Å². The normalized spacial score (nSPS) is 13.2. The number of rotatable bonds is 8. The summed E-state index contributed by atoms with van der Waals surface area (Å²) in [5.74, 6) is 0.592. The molecule has 0 aliphatic heterocycles. The highest BCUT2D eigenvalue weighted by atomic mass is 35.5. The van der Waals surface area contributed by atoms with E-state index >= 15 is 0 Å². The van der Waals surface area contributed by atoms with Gasteiger partial charge in [-0.05, 0) is 30.7 Å². The van der Waals surface area contributed by atoms with E-state index in [1.807, 2.05) is 6.92 Å². The van der Waals surface area contributed by atoms with Crippen LogP contribution in [0.5, 0.6) is 5.75 Å². The van der Waals surface area contributed by atoms with E-state index in [-0.39, 0.29) is 6.61 Å². The fraction of sp³-hybridized carbons (Fsp3) is 0.571. The molecule has 0 spiro atoms. The molecule has 0 aromatic heterocycles. The lowest BCUT2D eigenvalue weighted by molar-refractivity contribution is -0.175. The average Bonchev–Trinajstić information content (AvgIpc) is 2.41. The van der Waals surface area contributed by atoms with E-state index in [0.717, 1.165) is 6.42 Å². The lowest BCUT2D eigenvalue weighted by Gasteiger charge is -2.21. The fourth-order valence-electron chi connectivity index (χ4n) is 1.79. The van der Waals surface area contributed by atoms with Crippen LogP contribution in [0.15, 0.2) is 18.2 Å². The van der Waals surface area contributed by atoms with Gasteiger partial charge in [0.25, 0.3) is 0 Å². The number of nitrogens with one attached hydrogen (secondary N) is 1. The first-order valence-corrected chi connectivity index (χ1v) is 6.96. The van der Waals surface area contributed by atoms with E-state index in [0.29, 0.717) is 22.9 Å². The van der Waals surface area contributed by atoms with E-state index < -0.39 is 18.8 Å². The number of methoxy groups -OCH3 is 1. The van der Waals surface area contributed by atoms with Gasteiger partial charge in [0.15, 0.2) is 0 Å². The van der Waals surface area contributed by atoms with E-state index in [2.05, 4.69) is 5.32 Å². The monoisotopic (exact) mass is 325 g/mol. The highest BCUT2D eigenvalue weighted by Crippen LogP contribution is 2.28. The smallest absolute Gasteiger partial charge is 0.411 e. The van der Waals surface area contributed by atoms with Crippen LogP contribution >= 0.6 is 11.6 Å². The standard InChI is InChI=1S/C14H19ClF3NO2/c1-3-6-19-13(8-21-9-14(16,17)18)11-5-4-10(20-2)7-12(11)15/h4-5,7,13,19H,3,6,8-9H2,1-2H3. The fourth-order valence-corrected chi connectivity index (χ4v) is 2.09. The molecule has 7 heteroatoms. The molecular weight excluding hydrogens is 307 g/mol. The van der Waals surface area contributed by atoms with Crippen LogP contribution < -0.4 is 10.1 Å². The minimum atomic E-state index is -4.33. The zero-order chi connectivity index (χ0) is 15.9. The second kappa shape index (κ2) is 8.46. The second-order valence-electron chi connectivity index (χ2n) is 4.52. The van der Waals surface area contributed by atoms with Crippen molar-refractivity contribution in [3.8, 4) is 5.75 Å². The van der Waals surface area contributed by atoms with Gasteiger partial charge in [0.1, 0.15) is 12.4 Å². The van der Waals surface area contributed by atoms with Gasteiger partial charge in [0.05, 0.1) is 19.8 Å². The van der Waals surface area contributed by atoms with E-state index in [4.69, 9.17) is 21.1 Å². The molecule has 1 atom stereocenters. The number of hydrogen-bond donors (Lipinski definition) is 1. The summed E-state index contributed by atoms with van der Waals surface area (Å²) in [5, 5.41) is 3.56. The Bertz CT molecular complexity index is 441. The van der Waals surface area contributed by atoms with Crippen LogP contribution in [-0.2, 0) is 4.74 Å². The largest absolute Gasteiger partial charge is 0.497 e. The first-order valence-electron chi connectivity index (χ1n) is 6.58. The van der Waals surface area contributed by atoms with Crippen molar-refractivity contribution in [1.29, 1.82) is 0 Å². The van der Waals surface area contributed by atoms with Crippen LogP contribution in [0.25, 0.3) is 0 Å². The highest BCUT2D eigenvalue weighted by molar-refractivity contribution is 6.31. The molecule has 120 valence electrons. The van der Waals surface area contributed by atoms with Crippen molar-refractivity contribution in [2.45, 2.75) is 25.6 Å². The van der Waals surface area contributed by atoms with E-state index in [9.17, 15) is 13.2 Å². The van der Waals surface area contributed by atoms with Crippen molar-refractivity contribution >= 4 is 11.6 Å². The zero-order valence-corrected chi connectivity index (χ0v) is 12.7. The molecule has 0 saturated carbocycles. The summed E-state index contributed by atoms with van der Waals surface area (Å²) >= 11 is 6.15. The summed E-state index contributed by atoms with van der Waals surface area (Å²) in [7, 11) is 1.52. The van der Waals surface area contributed by atoms with Gasteiger partial charge in [-0.1, -0.05) is 24.6 Å². The Morgan fingerprint density at radius 2 is 2.05 bits per heavy atom. The van der Waals surface area contributed by atoms with Crippen LogP contribution in [0, 0.1) is 0 Å². The molecule has 21 heavy (non-hydrogen) atoms. The summed E-state index contributed by atoms with van der Waals surface area (Å²) in [5.41, 5.74) is 0.688. The Morgan fingerprint density at radius 3 is 2.57 bits per heavy atom. The maximum Gasteiger partial charge on any atom is 0.411 e. The maximum absolute atomic E-state index is 12.2. The molecular formula is C14H19ClF3NO2. The van der Waals surface area contributed by atoms with Crippen molar-refractivity contribution in [3.05, 3.63) is 28.8 Å². The van der Waals surface area contributed by atoms with Crippen molar-refractivity contribution in [2.75, 3.05) is 26.9 Å². The maximum atomic E-state index is 12.2. The van der Waals surface area contributed by atoms with Gasteiger partial charge >= 0.3 is 6.18 Å². The van der Waals surface area contributed by atoms with Crippen LogP contribution in [0.1, 0.15) is 24.9 Å². The molecule has 0 aliphatic carbocycles. The summed E-state index contributed by atoms with van der Waals surface area (Å²) in [6, 6.07) is 4.67. The molecule has 0 aliphatic rings. The summed E-state index contributed by atoms with van der Waals surface area (Å²) in [6.07, 6.45) is -3.48. The first-order chi connectivity index (χ1) is 9.87. The van der Waals surface area contributed by atoms with Gasteiger partial charge in [0, 0.05) is 5.02 Å². The van der Waals surface area contributed by atoms with Crippen molar-refractivity contribution in [3.63, 3.8) is 0 Å². The number of halogens is 4. The van der Waals surface area contributed by atoms with Crippen LogP contribution in [0.2, 0.25) is 5.02 Å². The molecule has 0 saturated heterocycles. The predicted octanol–water partition coefficient (Wildman–Crippen LogP) is 3.97. The average molecular weight is 326 g/mol. The van der Waals surface area contributed by atoms with Gasteiger partial charge in [-0.2, -0.15) is 13.2 Å². The van der Waals surface area contributed by atoms with Crippen molar-refractivity contribution < 1.29 is 22.6 Å². The highest BCUT2D eigenvalue weighted by Gasteiger charge is 2.28. The van der Waals surface area contributed by atoms with Crippen molar-refractivity contribution in [1.82, 2.24) is 5.32 Å². The predicted molar refractivity (Wildman–Crippen MR) is 75.9 cm³/mol. The van der Waals surface area contributed by atoms with Gasteiger partial charge in [0.2, 0.25) is 0 Å². The number of benzene rings is 1. The third-order valence-corrected chi connectivity index (χ3v) is 3.10. The molecule has 1 unspecified atom stereocenters. The third kappa shape index (κ3) is 6.54. The molecule has 1 rings (SSSR count). The Morgan fingerprint density at radius 1 is 1.33 bits per heavy atom. The summed E-state index contributed by atoms with van der Waals surface area (Å²) in [4.78, 5) is 0. The number of ether oxygens (including phenoxy) is 2. The number of hydrogen-bond acceptors (Lipinski definition) is 3. The summed E-state index contributed by atoms with van der Waals surface area (Å²) < 4.78 is 46.2. The van der Waals surface area contributed by atoms with E-state index in [1.54, 1.807) is 18.2 Å². The second-order valence-corrected chi connectivity index (χ2v) is 4.93. The quantitative estimate of drug-likeness (QED) is 0.784. The van der Waals surface area contributed by atoms with Gasteiger partial charge in [-0.3, -0.25) is 0 Å². The molecule has 1 aromatic rings. The molecule has 0 bridgehead atoms. The minimum absolute atomic E-state index is 0.106. The molecule has 1 N–H and O–H groups in total. The Kier molecular flexibility index (Phi) is 7.28. The van der Waals surface area contributed by atoms with Gasteiger partial charge in [-0.25, -0.2) is 0 Å². The van der Waals surface area contributed by atoms with Gasteiger partial charge < -0.3 is 14.8 Å². The molecule has 0 fully saturated rings. The zero-order valence-electron chi connectivity index (χ0n) is 12.0.